The average Bonchev–Trinajstić information content (AvgIpc) is 3.22. The number of hydrogen-bond donors (Lipinski definition) is 0. The molecule has 1 aliphatic rings. The molecule has 184 valence electrons. The highest BCUT2D eigenvalue weighted by Crippen LogP contribution is 2.34. The number of nitro benzene ring substituents is 1. The minimum Gasteiger partial charge on any atom is -0.490 e. The molecule has 0 unspecified atom stereocenters. The van der Waals surface area contributed by atoms with Crippen LogP contribution in [0.4, 0.5) is 10.1 Å². The van der Waals surface area contributed by atoms with Gasteiger partial charge in [0.15, 0.2) is 17.2 Å². The number of halogens is 1. The smallest absolute Gasteiger partial charge is 0.363 e. The van der Waals surface area contributed by atoms with Crippen molar-refractivity contribution in [1.29, 1.82) is 0 Å². The summed E-state index contributed by atoms with van der Waals surface area (Å²) in [6, 6.07) is 14.3. The van der Waals surface area contributed by atoms with Crippen LogP contribution in [0.5, 0.6) is 23.0 Å². The van der Waals surface area contributed by atoms with Gasteiger partial charge in [0.25, 0.3) is 0 Å². The summed E-state index contributed by atoms with van der Waals surface area (Å²) in [4.78, 5) is 27.7. The number of ether oxygens (including phenoxy) is 4. The van der Waals surface area contributed by atoms with E-state index < -0.39 is 16.7 Å². The van der Waals surface area contributed by atoms with Gasteiger partial charge in [-0.1, -0.05) is 6.07 Å². The van der Waals surface area contributed by atoms with Crippen molar-refractivity contribution in [3.63, 3.8) is 0 Å². The third-order valence-electron chi connectivity index (χ3n) is 4.94. The fraction of sp³-hybridized carbons (Fsp3) is 0.154. The van der Waals surface area contributed by atoms with E-state index in [0.29, 0.717) is 35.8 Å². The lowest BCUT2D eigenvalue weighted by molar-refractivity contribution is -0.385. The number of aliphatic imine (C=N–C) groups is 1. The molecule has 3 aromatic rings. The van der Waals surface area contributed by atoms with Gasteiger partial charge in [0.05, 0.1) is 18.1 Å². The lowest BCUT2D eigenvalue weighted by Gasteiger charge is -2.11. The summed E-state index contributed by atoms with van der Waals surface area (Å²) in [6.07, 6.45) is 1.38. The van der Waals surface area contributed by atoms with Crippen molar-refractivity contribution in [3.8, 4) is 23.0 Å². The summed E-state index contributed by atoms with van der Waals surface area (Å²) < 4.78 is 35.1. The molecule has 0 amide bonds. The highest BCUT2D eigenvalue weighted by molar-refractivity contribution is 6.13. The van der Waals surface area contributed by atoms with Crippen LogP contribution in [0.2, 0.25) is 0 Å². The van der Waals surface area contributed by atoms with E-state index in [0.717, 1.165) is 0 Å². The quantitative estimate of drug-likeness (QED) is 0.164. The molecule has 9 nitrogen and oxygen atoms in total. The zero-order valence-electron chi connectivity index (χ0n) is 19.4. The molecule has 4 rings (SSSR count). The Hall–Kier alpha value is -4.73. The van der Waals surface area contributed by atoms with Gasteiger partial charge in [-0.15, -0.1) is 0 Å². The first-order chi connectivity index (χ1) is 17.4. The standard InChI is InChI=1S/C26H21FN2O7/c1-3-33-23-12-6-17(15-24(23)34-4-2)25-28-20(26(30)36-25)13-16-5-11-22(21(14-16)29(31)32)35-19-9-7-18(27)8-10-19/h5-15H,3-4H2,1-2H3/b20-13+. The predicted molar refractivity (Wildman–Crippen MR) is 129 cm³/mol. The van der Waals surface area contributed by atoms with Crippen molar-refractivity contribution in [2.45, 2.75) is 13.8 Å². The van der Waals surface area contributed by atoms with E-state index in [9.17, 15) is 19.3 Å². The number of nitro groups is 1. The summed E-state index contributed by atoms with van der Waals surface area (Å²) in [5.41, 5.74) is 0.481. The first kappa shape index (κ1) is 24.4. The van der Waals surface area contributed by atoms with Gasteiger partial charge in [0.1, 0.15) is 11.6 Å². The Labute approximate surface area is 205 Å². The summed E-state index contributed by atoms with van der Waals surface area (Å²) in [5, 5.41) is 11.6. The fourth-order valence-corrected chi connectivity index (χ4v) is 3.36. The summed E-state index contributed by atoms with van der Waals surface area (Å²) in [7, 11) is 0. The normalized spacial score (nSPS) is 13.8. The second-order valence-electron chi connectivity index (χ2n) is 7.40. The number of rotatable bonds is 9. The first-order valence-electron chi connectivity index (χ1n) is 11.0. The molecular formula is C26H21FN2O7. The van der Waals surface area contributed by atoms with Crippen molar-refractivity contribution in [2.24, 2.45) is 4.99 Å². The zero-order valence-corrected chi connectivity index (χ0v) is 19.4. The Bertz CT molecular complexity index is 1370. The molecule has 0 saturated heterocycles. The Morgan fingerprint density at radius 3 is 2.36 bits per heavy atom. The molecule has 0 fully saturated rings. The number of carbonyl (C=O) groups excluding carboxylic acids is 1. The Morgan fingerprint density at radius 2 is 1.67 bits per heavy atom. The molecule has 0 bridgehead atoms. The lowest BCUT2D eigenvalue weighted by Crippen LogP contribution is -2.06. The van der Waals surface area contributed by atoms with Crippen molar-refractivity contribution in [2.75, 3.05) is 13.2 Å². The molecular weight excluding hydrogens is 471 g/mol. The third-order valence-corrected chi connectivity index (χ3v) is 4.94. The maximum atomic E-state index is 13.1. The van der Waals surface area contributed by atoms with E-state index in [4.69, 9.17) is 18.9 Å². The minimum atomic E-state index is -0.703. The molecule has 0 aromatic heterocycles. The number of nitrogens with zero attached hydrogens (tertiary/aromatic N) is 2. The Morgan fingerprint density at radius 1 is 0.972 bits per heavy atom. The van der Waals surface area contributed by atoms with Gasteiger partial charge in [-0.3, -0.25) is 10.1 Å². The van der Waals surface area contributed by atoms with E-state index >= 15 is 0 Å². The van der Waals surface area contributed by atoms with Gasteiger partial charge < -0.3 is 18.9 Å². The Balaban J connectivity index is 1.62. The highest BCUT2D eigenvalue weighted by Gasteiger charge is 2.26. The summed E-state index contributed by atoms with van der Waals surface area (Å²) >= 11 is 0. The van der Waals surface area contributed by atoms with Gasteiger partial charge in [0, 0.05) is 11.6 Å². The maximum Gasteiger partial charge on any atom is 0.363 e. The first-order valence-corrected chi connectivity index (χ1v) is 11.0. The topological polar surface area (TPSA) is 109 Å². The SMILES string of the molecule is CCOc1ccc(C2=N/C(=C/c3ccc(Oc4ccc(F)cc4)c([N+](=O)[O-])c3)C(=O)O2)cc1OCC. The predicted octanol–water partition coefficient (Wildman–Crippen LogP) is 5.67. The molecule has 0 aliphatic carbocycles. The van der Waals surface area contributed by atoms with Gasteiger partial charge in [-0.25, -0.2) is 14.2 Å². The van der Waals surface area contributed by atoms with Crippen LogP contribution in [0.25, 0.3) is 6.08 Å². The molecule has 10 heteroatoms. The van der Waals surface area contributed by atoms with Crippen LogP contribution in [0.1, 0.15) is 25.0 Å². The molecule has 0 saturated carbocycles. The van der Waals surface area contributed by atoms with Crippen LogP contribution >= 0.6 is 0 Å². The lowest BCUT2D eigenvalue weighted by atomic mass is 10.1. The molecule has 3 aromatic carbocycles. The third kappa shape index (κ3) is 5.49. The number of cyclic esters (lactones) is 1. The van der Waals surface area contributed by atoms with E-state index in [1.54, 1.807) is 18.2 Å². The van der Waals surface area contributed by atoms with Crippen molar-refractivity contribution in [3.05, 3.63) is 93.4 Å². The zero-order chi connectivity index (χ0) is 25.7. The molecule has 36 heavy (non-hydrogen) atoms. The van der Waals surface area contributed by atoms with Gasteiger partial charge in [-0.2, -0.15) is 0 Å². The largest absolute Gasteiger partial charge is 0.490 e. The van der Waals surface area contributed by atoms with Crippen LogP contribution in [-0.2, 0) is 9.53 Å². The molecule has 1 heterocycles. The number of hydrogen-bond acceptors (Lipinski definition) is 8. The van der Waals surface area contributed by atoms with E-state index in [1.807, 2.05) is 13.8 Å². The van der Waals surface area contributed by atoms with E-state index in [1.165, 1.54) is 48.5 Å². The molecule has 0 atom stereocenters. The summed E-state index contributed by atoms with van der Waals surface area (Å²) in [5.74, 6) is 0.152. The summed E-state index contributed by atoms with van der Waals surface area (Å²) in [6.45, 7) is 4.57. The van der Waals surface area contributed by atoms with Crippen LogP contribution in [0.15, 0.2) is 71.4 Å². The molecule has 0 radical (unpaired) electrons. The minimum absolute atomic E-state index is 0.0293. The van der Waals surface area contributed by atoms with Gasteiger partial charge >= 0.3 is 11.7 Å². The highest BCUT2D eigenvalue weighted by atomic mass is 19.1. The second-order valence-corrected chi connectivity index (χ2v) is 7.40. The van der Waals surface area contributed by atoms with Crippen molar-refractivity contribution >= 4 is 23.6 Å². The number of carbonyl (C=O) groups is 1. The molecule has 1 aliphatic heterocycles. The van der Waals surface area contributed by atoms with Crippen molar-refractivity contribution in [1.82, 2.24) is 0 Å². The van der Waals surface area contributed by atoms with E-state index in [-0.39, 0.29) is 28.8 Å². The monoisotopic (exact) mass is 492 g/mol. The van der Waals surface area contributed by atoms with Crippen LogP contribution in [0, 0.1) is 15.9 Å². The maximum absolute atomic E-state index is 13.1. The number of esters is 1. The Kier molecular flexibility index (Phi) is 7.24. The van der Waals surface area contributed by atoms with Crippen molar-refractivity contribution < 1.29 is 33.1 Å². The van der Waals surface area contributed by atoms with E-state index in [2.05, 4.69) is 4.99 Å². The number of benzene rings is 3. The molecule has 0 spiro atoms. The van der Waals surface area contributed by atoms with Gasteiger partial charge in [0.2, 0.25) is 11.6 Å². The van der Waals surface area contributed by atoms with Crippen LogP contribution in [0.3, 0.4) is 0 Å². The van der Waals surface area contributed by atoms with Crippen LogP contribution < -0.4 is 14.2 Å². The fourth-order valence-electron chi connectivity index (χ4n) is 3.36. The van der Waals surface area contributed by atoms with Crippen LogP contribution in [-0.4, -0.2) is 30.0 Å². The second kappa shape index (κ2) is 10.7. The van der Waals surface area contributed by atoms with Gasteiger partial charge in [-0.05, 0) is 74.0 Å². The molecule has 0 N–H and O–H groups in total. The average molecular weight is 492 g/mol.